The van der Waals surface area contributed by atoms with Crippen molar-refractivity contribution in [2.24, 2.45) is 0 Å². The molecule has 8 nitrogen and oxygen atoms in total. The molecule has 1 aliphatic rings. The van der Waals surface area contributed by atoms with Gasteiger partial charge in [-0.25, -0.2) is 21.6 Å². The molecule has 1 unspecified atom stereocenters. The first-order chi connectivity index (χ1) is 13.2. The van der Waals surface area contributed by atoms with Gasteiger partial charge >= 0.3 is 0 Å². The summed E-state index contributed by atoms with van der Waals surface area (Å²) in [6.07, 6.45) is 2.43. The number of rotatable bonds is 10. The summed E-state index contributed by atoms with van der Waals surface area (Å²) in [6, 6.07) is 8.38. The topological polar surface area (TPSA) is 113 Å². The van der Waals surface area contributed by atoms with Crippen molar-refractivity contribution in [1.82, 2.24) is 14.3 Å². The Morgan fingerprint density at radius 2 is 1.82 bits per heavy atom. The summed E-state index contributed by atoms with van der Waals surface area (Å²) >= 11 is 0. The highest BCUT2D eigenvalue weighted by Gasteiger charge is 2.36. The largest absolute Gasteiger partial charge is 0.354 e. The Balaban J connectivity index is 1.86. The lowest BCUT2D eigenvalue weighted by Crippen LogP contribution is -2.53. The number of hydrogen-bond donors (Lipinski definition) is 2. The molecule has 1 aromatic rings. The van der Waals surface area contributed by atoms with Crippen LogP contribution in [0, 0.1) is 0 Å². The molecule has 1 heterocycles. The highest BCUT2D eigenvalue weighted by molar-refractivity contribution is 7.89. The Kier molecular flexibility index (Phi) is 8.41. The lowest BCUT2D eigenvalue weighted by molar-refractivity contribution is -0.125. The summed E-state index contributed by atoms with van der Waals surface area (Å²) in [5.74, 6) is -0.688. The Morgan fingerprint density at radius 3 is 2.50 bits per heavy atom. The van der Waals surface area contributed by atoms with Gasteiger partial charge < -0.3 is 5.32 Å². The van der Waals surface area contributed by atoms with E-state index in [1.54, 1.807) is 6.92 Å². The molecular formula is C18H29N3O5S2. The van der Waals surface area contributed by atoms with Crippen LogP contribution in [0.4, 0.5) is 0 Å². The molecule has 158 valence electrons. The molecule has 1 atom stereocenters. The smallest absolute Gasteiger partial charge is 0.238 e. The first-order valence-corrected chi connectivity index (χ1v) is 12.8. The van der Waals surface area contributed by atoms with Crippen LogP contribution < -0.4 is 10.0 Å². The minimum Gasteiger partial charge on any atom is -0.354 e. The van der Waals surface area contributed by atoms with Crippen molar-refractivity contribution in [3.63, 3.8) is 0 Å². The number of nitrogens with zero attached hydrogens (tertiary/aromatic N) is 1. The average molecular weight is 432 g/mol. The zero-order chi connectivity index (χ0) is 20.6. The normalized spacial score (nSPS) is 18.7. The van der Waals surface area contributed by atoms with E-state index in [2.05, 4.69) is 10.0 Å². The van der Waals surface area contributed by atoms with E-state index in [0.717, 1.165) is 18.4 Å². The fourth-order valence-electron chi connectivity index (χ4n) is 3.16. The maximum atomic E-state index is 12.5. The second kappa shape index (κ2) is 10.3. The van der Waals surface area contributed by atoms with Gasteiger partial charge in [-0.3, -0.25) is 4.79 Å². The van der Waals surface area contributed by atoms with E-state index < -0.39 is 32.0 Å². The van der Waals surface area contributed by atoms with Gasteiger partial charge in [0.25, 0.3) is 0 Å². The Bertz CT molecular complexity index is 841. The number of benzene rings is 1. The molecule has 1 saturated heterocycles. The number of sulfonamides is 2. The monoisotopic (exact) mass is 431 g/mol. The van der Waals surface area contributed by atoms with Gasteiger partial charge in [0.05, 0.1) is 11.5 Å². The van der Waals surface area contributed by atoms with Crippen molar-refractivity contribution in [2.75, 3.05) is 24.6 Å². The molecule has 0 radical (unpaired) electrons. The van der Waals surface area contributed by atoms with Crippen molar-refractivity contribution >= 4 is 26.0 Å². The molecule has 0 aromatic heterocycles. The predicted molar refractivity (Wildman–Crippen MR) is 109 cm³/mol. The summed E-state index contributed by atoms with van der Waals surface area (Å²) in [7, 11) is -7.03. The van der Waals surface area contributed by atoms with Gasteiger partial charge in [-0.2, -0.15) is 4.31 Å². The van der Waals surface area contributed by atoms with Crippen molar-refractivity contribution in [1.29, 1.82) is 0 Å². The van der Waals surface area contributed by atoms with Crippen molar-refractivity contribution in [3.8, 4) is 0 Å². The van der Waals surface area contributed by atoms with Crippen LogP contribution in [0.15, 0.2) is 30.3 Å². The SMILES string of the molecule is CCCS(=O)(=O)N1CCCCC1C(=O)NCCS(=O)(=O)NCc1ccccc1. The number of carbonyl (C=O) groups excluding carboxylic acids is 1. The molecule has 0 saturated carbocycles. The fourth-order valence-corrected chi connectivity index (χ4v) is 5.81. The van der Waals surface area contributed by atoms with E-state index in [1.807, 2.05) is 30.3 Å². The summed E-state index contributed by atoms with van der Waals surface area (Å²) in [5.41, 5.74) is 0.842. The molecule has 10 heteroatoms. The average Bonchev–Trinajstić information content (AvgIpc) is 2.67. The Labute approximate surface area is 167 Å². The molecule has 2 rings (SSSR count). The molecule has 0 aliphatic carbocycles. The molecule has 1 aromatic carbocycles. The third-order valence-electron chi connectivity index (χ3n) is 4.58. The van der Waals surface area contributed by atoms with Crippen molar-refractivity contribution in [2.45, 2.75) is 45.2 Å². The third kappa shape index (κ3) is 6.84. The number of carbonyl (C=O) groups is 1. The third-order valence-corrected chi connectivity index (χ3v) is 7.99. The summed E-state index contributed by atoms with van der Waals surface area (Å²) in [5, 5.41) is 2.59. The number of amides is 1. The van der Waals surface area contributed by atoms with Crippen LogP contribution in [0.5, 0.6) is 0 Å². The van der Waals surface area contributed by atoms with Gasteiger partial charge in [-0.05, 0) is 24.8 Å². The van der Waals surface area contributed by atoms with Crippen LogP contribution in [0.1, 0.15) is 38.2 Å². The lowest BCUT2D eigenvalue weighted by atomic mass is 10.0. The lowest BCUT2D eigenvalue weighted by Gasteiger charge is -2.33. The minimum atomic E-state index is -3.55. The minimum absolute atomic E-state index is 0.00850. The highest BCUT2D eigenvalue weighted by atomic mass is 32.2. The van der Waals surface area contributed by atoms with Gasteiger partial charge in [-0.1, -0.05) is 43.7 Å². The Morgan fingerprint density at radius 1 is 1.11 bits per heavy atom. The summed E-state index contributed by atoms with van der Waals surface area (Å²) < 4.78 is 52.8. The first kappa shape index (κ1) is 22.8. The highest BCUT2D eigenvalue weighted by Crippen LogP contribution is 2.21. The van der Waals surface area contributed by atoms with Crippen LogP contribution in [0.2, 0.25) is 0 Å². The zero-order valence-corrected chi connectivity index (χ0v) is 17.8. The summed E-state index contributed by atoms with van der Waals surface area (Å²) in [6.45, 7) is 2.23. The van der Waals surface area contributed by atoms with Gasteiger partial charge in [0, 0.05) is 19.6 Å². The number of hydrogen-bond acceptors (Lipinski definition) is 5. The quantitative estimate of drug-likeness (QED) is 0.569. The van der Waals surface area contributed by atoms with Crippen molar-refractivity contribution in [3.05, 3.63) is 35.9 Å². The maximum absolute atomic E-state index is 12.5. The second-order valence-electron chi connectivity index (χ2n) is 6.85. The fraction of sp³-hybridized carbons (Fsp3) is 0.611. The van der Waals surface area contributed by atoms with E-state index in [9.17, 15) is 21.6 Å². The molecule has 0 spiro atoms. The van der Waals surface area contributed by atoms with E-state index in [-0.39, 0.29) is 24.6 Å². The second-order valence-corrected chi connectivity index (χ2v) is 10.8. The van der Waals surface area contributed by atoms with Gasteiger partial charge in [0.1, 0.15) is 6.04 Å². The molecular weight excluding hydrogens is 402 g/mol. The predicted octanol–water partition coefficient (Wildman–Crippen LogP) is 0.817. The number of piperidine rings is 1. The van der Waals surface area contributed by atoms with Gasteiger partial charge in [0.15, 0.2) is 0 Å². The molecule has 1 aliphatic heterocycles. The maximum Gasteiger partial charge on any atom is 0.238 e. The van der Waals surface area contributed by atoms with E-state index in [4.69, 9.17) is 0 Å². The van der Waals surface area contributed by atoms with Crippen LogP contribution >= 0.6 is 0 Å². The molecule has 2 N–H and O–H groups in total. The van der Waals surface area contributed by atoms with Gasteiger partial charge in [-0.15, -0.1) is 0 Å². The van der Waals surface area contributed by atoms with E-state index >= 15 is 0 Å². The summed E-state index contributed by atoms with van der Waals surface area (Å²) in [4.78, 5) is 12.5. The van der Waals surface area contributed by atoms with Crippen LogP contribution in [0.3, 0.4) is 0 Å². The van der Waals surface area contributed by atoms with Crippen molar-refractivity contribution < 1.29 is 21.6 Å². The van der Waals surface area contributed by atoms with Crippen LogP contribution in [-0.2, 0) is 31.4 Å². The van der Waals surface area contributed by atoms with E-state index in [1.165, 1.54) is 4.31 Å². The first-order valence-electron chi connectivity index (χ1n) is 9.53. The standard InChI is InChI=1S/C18H29N3O5S2/c1-2-13-28(25,26)21-12-7-6-10-17(21)18(22)19-11-14-27(23,24)20-15-16-8-4-3-5-9-16/h3-5,8-9,17,20H,2,6-7,10-15H2,1H3,(H,19,22). The Hall–Kier alpha value is -1.49. The molecule has 0 bridgehead atoms. The zero-order valence-electron chi connectivity index (χ0n) is 16.1. The number of nitrogens with one attached hydrogen (secondary N) is 2. The van der Waals surface area contributed by atoms with Crippen LogP contribution in [-0.4, -0.2) is 57.7 Å². The van der Waals surface area contributed by atoms with E-state index in [0.29, 0.717) is 19.4 Å². The molecule has 28 heavy (non-hydrogen) atoms. The molecule has 1 amide bonds. The van der Waals surface area contributed by atoms with Gasteiger partial charge in [0.2, 0.25) is 26.0 Å². The molecule has 1 fully saturated rings. The van der Waals surface area contributed by atoms with Crippen LogP contribution in [0.25, 0.3) is 0 Å².